The first kappa shape index (κ1) is 23.7. The van der Waals surface area contributed by atoms with Crippen LogP contribution in [0, 0.1) is 6.92 Å². The van der Waals surface area contributed by atoms with Gasteiger partial charge in [-0.25, -0.2) is 0 Å². The van der Waals surface area contributed by atoms with Crippen molar-refractivity contribution in [3.63, 3.8) is 0 Å². The summed E-state index contributed by atoms with van der Waals surface area (Å²) in [6.45, 7) is 1.40. The third kappa shape index (κ3) is 4.97. The number of carbonyl (C=O) groups is 1. The Morgan fingerprint density at radius 1 is 1.14 bits per heavy atom. The van der Waals surface area contributed by atoms with Crippen LogP contribution in [0.2, 0.25) is 5.02 Å². The maximum absolute atomic E-state index is 12.5. The first-order valence-electron chi connectivity index (χ1n) is 7.73. The first-order valence-corrected chi connectivity index (χ1v) is 9.55. The molecule has 1 N–H and O–H groups in total. The van der Waals surface area contributed by atoms with Gasteiger partial charge in [-0.05, 0) is 41.6 Å². The number of halogens is 1. The summed E-state index contributed by atoms with van der Waals surface area (Å²) in [4.78, 5) is 10.8. The Morgan fingerprint density at radius 2 is 1.79 bits per heavy atom. The van der Waals surface area contributed by atoms with Gasteiger partial charge in [0.25, 0.3) is 10.1 Å². The fourth-order valence-corrected chi connectivity index (χ4v) is 3.67. The molecular formula is C18H11ClN2O6SSr. The minimum Gasteiger partial charge on any atom is -0.871 e. The maximum atomic E-state index is 12.5. The minimum atomic E-state index is -4.56. The fraction of sp³-hybridized carbons (Fsp3) is 0.0556. The van der Waals surface area contributed by atoms with E-state index < -0.39 is 32.3 Å². The van der Waals surface area contributed by atoms with Crippen LogP contribution < -0.4 is 10.2 Å². The van der Waals surface area contributed by atoms with Crippen LogP contribution in [-0.4, -0.2) is 64.4 Å². The van der Waals surface area contributed by atoms with E-state index in [2.05, 4.69) is 10.2 Å². The molecule has 0 spiro atoms. The summed E-state index contributed by atoms with van der Waals surface area (Å²) in [7, 11) is -4.56. The zero-order chi connectivity index (χ0) is 20.6. The summed E-state index contributed by atoms with van der Waals surface area (Å²) in [6, 6.07) is 9.98. The Morgan fingerprint density at radius 3 is 2.41 bits per heavy atom. The van der Waals surface area contributed by atoms with Gasteiger partial charge in [0, 0.05) is 10.4 Å². The van der Waals surface area contributed by atoms with Crippen LogP contribution in [0.3, 0.4) is 0 Å². The van der Waals surface area contributed by atoms with Crippen molar-refractivity contribution in [2.24, 2.45) is 10.2 Å². The number of aromatic carboxylic acids is 1. The van der Waals surface area contributed by atoms with E-state index in [-0.39, 0.29) is 67.4 Å². The van der Waals surface area contributed by atoms with Gasteiger partial charge < -0.3 is 15.0 Å². The monoisotopic (exact) mass is 506 g/mol. The molecule has 8 nitrogen and oxygen atoms in total. The van der Waals surface area contributed by atoms with Crippen LogP contribution in [0.5, 0.6) is 5.75 Å². The molecule has 29 heavy (non-hydrogen) atoms. The average molecular weight is 506 g/mol. The van der Waals surface area contributed by atoms with Crippen LogP contribution in [0.1, 0.15) is 15.9 Å². The number of carboxylic acids is 1. The summed E-state index contributed by atoms with van der Waals surface area (Å²) in [5.41, 5.74) is -0.752. The van der Waals surface area contributed by atoms with Crippen molar-refractivity contribution in [1.82, 2.24) is 0 Å². The first-order chi connectivity index (χ1) is 13.1. The second-order valence-corrected chi connectivity index (χ2v) is 7.63. The van der Waals surface area contributed by atoms with Crippen LogP contribution in [0.4, 0.5) is 11.4 Å². The van der Waals surface area contributed by atoms with Crippen molar-refractivity contribution in [1.29, 1.82) is 0 Å². The third-order valence-electron chi connectivity index (χ3n) is 4.02. The molecule has 0 aromatic heterocycles. The molecule has 0 aliphatic heterocycles. The van der Waals surface area contributed by atoms with Crippen LogP contribution in [-0.2, 0) is 10.1 Å². The van der Waals surface area contributed by atoms with Gasteiger partial charge in [0.15, 0.2) is 0 Å². The smallest absolute Gasteiger partial charge is 0.871 e. The number of benzene rings is 3. The molecule has 0 amide bonds. The molecule has 3 aromatic rings. The largest absolute Gasteiger partial charge is 2.00 e. The molecule has 0 atom stereocenters. The molecule has 0 saturated carbocycles. The van der Waals surface area contributed by atoms with Crippen molar-refractivity contribution in [3.8, 4) is 5.75 Å². The maximum Gasteiger partial charge on any atom is 2.00 e. The number of rotatable bonds is 4. The molecule has 0 heterocycles. The van der Waals surface area contributed by atoms with Gasteiger partial charge in [0.05, 0.1) is 17.3 Å². The van der Waals surface area contributed by atoms with E-state index in [0.29, 0.717) is 10.8 Å². The number of azo groups is 1. The second-order valence-electron chi connectivity index (χ2n) is 5.84. The Labute approximate surface area is 207 Å². The third-order valence-corrected chi connectivity index (χ3v) is 5.39. The number of carboxylic acid groups (broad SMARTS) is 1. The summed E-state index contributed by atoms with van der Waals surface area (Å²) >= 11 is 5.97. The van der Waals surface area contributed by atoms with E-state index in [1.54, 1.807) is 24.3 Å². The van der Waals surface area contributed by atoms with Crippen molar-refractivity contribution in [2.45, 2.75) is 11.8 Å². The van der Waals surface area contributed by atoms with Gasteiger partial charge in [0.2, 0.25) is 0 Å². The molecule has 0 bridgehead atoms. The number of hydrogen-bond donors (Lipinski definition) is 1. The predicted octanol–water partition coefficient (Wildman–Crippen LogP) is 2.52. The Kier molecular flexibility index (Phi) is 7.44. The van der Waals surface area contributed by atoms with Gasteiger partial charge in [-0.3, -0.25) is 4.55 Å². The quantitative estimate of drug-likeness (QED) is 0.327. The number of nitrogens with zero attached hydrogens (tertiary/aromatic N) is 2. The standard InChI is InChI=1S/C18H13ClN2O6S.Sr/c1-9-14(19)7-11(8-15(9)28(25,26)27)20-21-16-12-5-3-2-4-10(12)6-13(17(16)22)18(23)24;/h2-8,22H,1H3,(H,23,24)(H,25,26,27);/q;+2/p-2. The summed E-state index contributed by atoms with van der Waals surface area (Å²) < 4.78 is 32.3. The molecule has 11 heteroatoms. The van der Waals surface area contributed by atoms with E-state index in [1.165, 1.54) is 19.1 Å². The normalized spacial score (nSPS) is 11.6. The van der Waals surface area contributed by atoms with Crippen LogP contribution in [0.15, 0.2) is 57.6 Å². The molecule has 0 fully saturated rings. The molecule has 0 unspecified atom stereocenters. The Hall–Kier alpha value is -1.53. The van der Waals surface area contributed by atoms with Crippen molar-refractivity contribution in [2.75, 3.05) is 0 Å². The van der Waals surface area contributed by atoms with Gasteiger partial charge in [-0.2, -0.15) is 18.6 Å². The van der Waals surface area contributed by atoms with Crippen molar-refractivity contribution < 1.29 is 28.0 Å². The average Bonchev–Trinajstić information content (AvgIpc) is 2.62. The molecule has 0 radical (unpaired) electrons. The minimum absolute atomic E-state index is 0. The molecule has 3 aromatic carbocycles. The van der Waals surface area contributed by atoms with Gasteiger partial charge in [-0.1, -0.05) is 41.6 Å². The summed E-state index contributed by atoms with van der Waals surface area (Å²) in [6.07, 6.45) is 0. The Balaban J connectivity index is 0.00000300. The second kappa shape index (κ2) is 9.09. The van der Waals surface area contributed by atoms with E-state index in [0.717, 1.165) is 6.07 Å². The predicted molar refractivity (Wildman–Crippen MR) is 104 cm³/mol. The van der Waals surface area contributed by atoms with E-state index in [9.17, 15) is 28.0 Å². The van der Waals surface area contributed by atoms with E-state index in [1.807, 2.05) is 0 Å². The number of hydrogen-bond acceptors (Lipinski definition) is 7. The molecule has 3 rings (SSSR count). The zero-order valence-electron chi connectivity index (χ0n) is 14.9. The van der Waals surface area contributed by atoms with Crippen molar-refractivity contribution >= 4 is 95.3 Å². The van der Waals surface area contributed by atoms with E-state index >= 15 is 0 Å². The summed E-state index contributed by atoms with van der Waals surface area (Å²) in [5.74, 6) is -2.55. The molecular weight excluding hydrogens is 495 g/mol. The molecule has 0 aliphatic rings. The van der Waals surface area contributed by atoms with Gasteiger partial charge in [-0.15, -0.1) is 0 Å². The molecule has 0 aliphatic carbocycles. The van der Waals surface area contributed by atoms with E-state index in [4.69, 9.17) is 11.6 Å². The molecule has 0 saturated heterocycles. The Bertz CT molecular complexity index is 1260. The van der Waals surface area contributed by atoms with Gasteiger partial charge >= 0.3 is 45.5 Å². The van der Waals surface area contributed by atoms with Gasteiger partial charge in [0.1, 0.15) is 4.90 Å². The molecule has 144 valence electrons. The van der Waals surface area contributed by atoms with Crippen molar-refractivity contribution in [3.05, 3.63) is 58.6 Å². The van der Waals surface area contributed by atoms with Crippen LogP contribution >= 0.6 is 11.6 Å². The SMILES string of the molecule is Cc1c(Cl)cc(N=Nc2c([O-])c(C(=O)[O-])cc3ccccc23)cc1S(=O)(=O)O.[Sr+2]. The summed E-state index contributed by atoms with van der Waals surface area (Å²) in [5, 5.41) is 32.1. The number of fused-ring (bicyclic) bond motifs is 1. The van der Waals surface area contributed by atoms with Crippen LogP contribution in [0.25, 0.3) is 10.8 Å². The number of carbonyl (C=O) groups excluding carboxylic acids is 1. The zero-order valence-corrected chi connectivity index (χ0v) is 20.0. The fourth-order valence-electron chi connectivity index (χ4n) is 2.63. The topological polar surface area (TPSA) is 142 Å².